The van der Waals surface area contributed by atoms with E-state index in [9.17, 15) is 9.59 Å². The van der Waals surface area contributed by atoms with Crippen LogP contribution < -0.4 is 16.6 Å². The van der Waals surface area contributed by atoms with Crippen molar-refractivity contribution in [1.82, 2.24) is 15.8 Å². The predicted molar refractivity (Wildman–Crippen MR) is 53.7 cm³/mol. The number of nitrogens with one attached hydrogen (secondary N) is 2. The highest BCUT2D eigenvalue weighted by Crippen LogP contribution is 2.05. The standard InChI is InChI=1S/C9H10N4O2/c1-6(7-2-4-11-5-3-7)12-13-9(15)8(10)14/h2-5,12H,1H2,(H2,10,14)(H,13,15). The molecule has 0 radical (unpaired) electrons. The molecule has 78 valence electrons. The summed E-state index contributed by atoms with van der Waals surface area (Å²) in [6.07, 6.45) is 3.16. The van der Waals surface area contributed by atoms with E-state index >= 15 is 0 Å². The molecule has 0 spiro atoms. The monoisotopic (exact) mass is 206 g/mol. The van der Waals surface area contributed by atoms with E-state index in [1.807, 2.05) is 0 Å². The lowest BCUT2D eigenvalue weighted by atomic mass is 10.2. The molecule has 6 heteroatoms. The molecule has 0 atom stereocenters. The van der Waals surface area contributed by atoms with Gasteiger partial charge in [-0.2, -0.15) is 0 Å². The molecular formula is C9H10N4O2. The van der Waals surface area contributed by atoms with E-state index in [4.69, 9.17) is 5.73 Å². The molecule has 0 saturated heterocycles. The summed E-state index contributed by atoms with van der Waals surface area (Å²) in [6, 6.07) is 3.40. The van der Waals surface area contributed by atoms with Gasteiger partial charge in [0.05, 0.1) is 5.70 Å². The van der Waals surface area contributed by atoms with E-state index in [1.54, 1.807) is 24.5 Å². The van der Waals surface area contributed by atoms with Gasteiger partial charge in [0.25, 0.3) is 0 Å². The van der Waals surface area contributed by atoms with Crippen molar-refractivity contribution in [3.8, 4) is 0 Å². The van der Waals surface area contributed by atoms with Crippen molar-refractivity contribution in [2.24, 2.45) is 5.73 Å². The van der Waals surface area contributed by atoms with Gasteiger partial charge in [-0.3, -0.25) is 25.4 Å². The van der Waals surface area contributed by atoms with Crippen LogP contribution in [0, 0.1) is 0 Å². The minimum absolute atomic E-state index is 0.437. The van der Waals surface area contributed by atoms with Crippen LogP contribution in [-0.2, 0) is 9.59 Å². The van der Waals surface area contributed by atoms with E-state index in [2.05, 4.69) is 22.4 Å². The molecule has 15 heavy (non-hydrogen) atoms. The van der Waals surface area contributed by atoms with Gasteiger partial charge in [0.1, 0.15) is 0 Å². The Balaban J connectivity index is 2.51. The second-order valence-corrected chi connectivity index (χ2v) is 2.66. The van der Waals surface area contributed by atoms with E-state index in [-0.39, 0.29) is 0 Å². The molecule has 0 aliphatic heterocycles. The van der Waals surface area contributed by atoms with Crippen LogP contribution in [0.1, 0.15) is 5.56 Å². The number of pyridine rings is 1. The van der Waals surface area contributed by atoms with Crippen LogP contribution in [0.4, 0.5) is 0 Å². The third-order valence-corrected chi connectivity index (χ3v) is 1.58. The molecule has 0 fully saturated rings. The van der Waals surface area contributed by atoms with Gasteiger partial charge in [0.15, 0.2) is 0 Å². The normalized spacial score (nSPS) is 9.07. The number of carbonyl (C=O) groups excluding carboxylic acids is 2. The lowest BCUT2D eigenvalue weighted by molar-refractivity contribution is -0.137. The molecule has 0 aromatic carbocycles. The summed E-state index contributed by atoms with van der Waals surface area (Å²) in [5, 5.41) is 0. The molecule has 1 heterocycles. The first-order valence-electron chi connectivity index (χ1n) is 4.06. The number of hydrogen-bond acceptors (Lipinski definition) is 4. The van der Waals surface area contributed by atoms with E-state index in [0.29, 0.717) is 5.70 Å². The average Bonchev–Trinajstić information content (AvgIpc) is 2.26. The Bertz CT molecular complexity index is 388. The fraction of sp³-hybridized carbons (Fsp3) is 0. The highest BCUT2D eigenvalue weighted by atomic mass is 16.2. The van der Waals surface area contributed by atoms with Crippen molar-refractivity contribution in [1.29, 1.82) is 0 Å². The Morgan fingerprint density at radius 2 is 1.87 bits per heavy atom. The van der Waals surface area contributed by atoms with Gasteiger partial charge in [0, 0.05) is 18.0 Å². The summed E-state index contributed by atoms with van der Waals surface area (Å²) in [4.78, 5) is 25.0. The lowest BCUT2D eigenvalue weighted by Gasteiger charge is -2.09. The Kier molecular flexibility index (Phi) is 3.39. The van der Waals surface area contributed by atoms with Crippen LogP contribution >= 0.6 is 0 Å². The first-order chi connectivity index (χ1) is 7.11. The number of rotatable bonds is 3. The van der Waals surface area contributed by atoms with Crippen molar-refractivity contribution in [2.75, 3.05) is 0 Å². The van der Waals surface area contributed by atoms with E-state index in [1.165, 1.54) is 0 Å². The maximum Gasteiger partial charge on any atom is 0.327 e. The molecule has 0 bridgehead atoms. The van der Waals surface area contributed by atoms with Crippen molar-refractivity contribution in [3.05, 3.63) is 36.7 Å². The molecule has 0 unspecified atom stereocenters. The van der Waals surface area contributed by atoms with Gasteiger partial charge in [-0.1, -0.05) is 6.58 Å². The SMILES string of the molecule is C=C(NNC(=O)C(N)=O)c1ccncc1. The zero-order valence-corrected chi connectivity index (χ0v) is 7.86. The Morgan fingerprint density at radius 1 is 1.27 bits per heavy atom. The molecule has 2 amide bonds. The van der Waals surface area contributed by atoms with Crippen LogP contribution in [-0.4, -0.2) is 16.8 Å². The van der Waals surface area contributed by atoms with Crippen LogP contribution in [0.2, 0.25) is 0 Å². The molecule has 0 saturated carbocycles. The number of hydrazine groups is 1. The minimum atomic E-state index is -1.06. The fourth-order valence-corrected chi connectivity index (χ4v) is 0.819. The molecule has 0 aliphatic carbocycles. The largest absolute Gasteiger partial charge is 0.361 e. The average molecular weight is 206 g/mol. The van der Waals surface area contributed by atoms with E-state index < -0.39 is 11.8 Å². The molecule has 6 nitrogen and oxygen atoms in total. The molecular weight excluding hydrogens is 196 g/mol. The summed E-state index contributed by atoms with van der Waals surface area (Å²) in [6.45, 7) is 3.65. The number of aromatic nitrogens is 1. The summed E-state index contributed by atoms with van der Waals surface area (Å²) in [7, 11) is 0. The number of nitrogens with zero attached hydrogens (tertiary/aromatic N) is 1. The third kappa shape index (κ3) is 3.11. The van der Waals surface area contributed by atoms with Crippen LogP contribution in [0.3, 0.4) is 0 Å². The topological polar surface area (TPSA) is 97.1 Å². The van der Waals surface area contributed by atoms with Gasteiger partial charge in [-0.25, -0.2) is 0 Å². The highest BCUT2D eigenvalue weighted by Gasteiger charge is 2.07. The van der Waals surface area contributed by atoms with Gasteiger partial charge in [0.2, 0.25) is 0 Å². The van der Waals surface area contributed by atoms with Crippen LogP contribution in [0.15, 0.2) is 31.1 Å². The molecule has 0 aliphatic rings. The van der Waals surface area contributed by atoms with E-state index in [0.717, 1.165) is 5.56 Å². The van der Waals surface area contributed by atoms with Crippen molar-refractivity contribution < 1.29 is 9.59 Å². The first kappa shape index (κ1) is 10.7. The van der Waals surface area contributed by atoms with Crippen molar-refractivity contribution in [3.63, 3.8) is 0 Å². The maximum atomic E-state index is 10.8. The summed E-state index contributed by atoms with van der Waals surface area (Å²) in [5.41, 5.74) is 10.5. The molecule has 4 N–H and O–H groups in total. The fourth-order valence-electron chi connectivity index (χ4n) is 0.819. The van der Waals surface area contributed by atoms with Crippen LogP contribution in [0.5, 0.6) is 0 Å². The molecule has 1 aromatic rings. The zero-order valence-electron chi connectivity index (χ0n) is 7.86. The lowest BCUT2D eigenvalue weighted by Crippen LogP contribution is -2.43. The highest BCUT2D eigenvalue weighted by molar-refractivity contribution is 6.34. The van der Waals surface area contributed by atoms with Crippen LogP contribution in [0.25, 0.3) is 5.70 Å². The second-order valence-electron chi connectivity index (χ2n) is 2.66. The van der Waals surface area contributed by atoms with Gasteiger partial charge < -0.3 is 5.73 Å². The number of carbonyl (C=O) groups is 2. The zero-order chi connectivity index (χ0) is 11.3. The van der Waals surface area contributed by atoms with Gasteiger partial charge in [-0.15, -0.1) is 0 Å². The predicted octanol–water partition coefficient (Wildman–Crippen LogP) is -0.842. The Morgan fingerprint density at radius 3 is 2.40 bits per heavy atom. The van der Waals surface area contributed by atoms with Crippen molar-refractivity contribution >= 4 is 17.5 Å². The number of hydrogen-bond donors (Lipinski definition) is 3. The van der Waals surface area contributed by atoms with Crippen molar-refractivity contribution in [2.45, 2.75) is 0 Å². The summed E-state index contributed by atoms with van der Waals surface area (Å²) >= 11 is 0. The Labute approximate surface area is 86.2 Å². The minimum Gasteiger partial charge on any atom is -0.361 e. The third-order valence-electron chi connectivity index (χ3n) is 1.58. The Hall–Kier alpha value is -2.37. The number of amides is 2. The molecule has 1 aromatic heterocycles. The van der Waals surface area contributed by atoms with Gasteiger partial charge in [-0.05, 0) is 12.1 Å². The van der Waals surface area contributed by atoms with Gasteiger partial charge >= 0.3 is 11.8 Å². The quantitative estimate of drug-likeness (QED) is 0.443. The summed E-state index contributed by atoms with van der Waals surface area (Å²) < 4.78 is 0. The smallest absolute Gasteiger partial charge is 0.327 e. The molecule has 1 rings (SSSR count). The number of primary amides is 1. The first-order valence-corrected chi connectivity index (χ1v) is 4.06. The maximum absolute atomic E-state index is 10.8. The summed E-state index contributed by atoms with van der Waals surface area (Å²) in [5.74, 6) is -1.99. The second kappa shape index (κ2) is 4.75. The number of nitrogens with two attached hydrogens (primary N) is 1.